The Morgan fingerprint density at radius 2 is 2.25 bits per heavy atom. The standard InChI is InChI=1S/C13H15N3O4/c1-3-10-14-9(15-20-10)5-7-16-6-4-8(2)11(12(16)17)13(18)19/h4,6H,3,5,7H2,1-2H3,(H,18,19). The Hall–Kier alpha value is -2.44. The Morgan fingerprint density at radius 1 is 1.50 bits per heavy atom. The lowest BCUT2D eigenvalue weighted by Crippen LogP contribution is -2.27. The first-order chi connectivity index (χ1) is 9.52. The summed E-state index contributed by atoms with van der Waals surface area (Å²) in [5.74, 6) is -0.164. The molecule has 0 bridgehead atoms. The molecular weight excluding hydrogens is 262 g/mol. The molecule has 0 atom stereocenters. The first-order valence-corrected chi connectivity index (χ1v) is 6.27. The average Bonchev–Trinajstić information content (AvgIpc) is 2.85. The van der Waals surface area contributed by atoms with Crippen LogP contribution >= 0.6 is 0 Å². The molecule has 0 aliphatic rings. The number of rotatable bonds is 5. The van der Waals surface area contributed by atoms with Crippen molar-refractivity contribution in [2.45, 2.75) is 33.2 Å². The molecule has 106 valence electrons. The zero-order valence-corrected chi connectivity index (χ0v) is 11.3. The zero-order valence-electron chi connectivity index (χ0n) is 11.3. The Kier molecular flexibility index (Phi) is 3.97. The second-order valence-corrected chi connectivity index (χ2v) is 4.39. The van der Waals surface area contributed by atoms with Crippen LogP contribution in [0.3, 0.4) is 0 Å². The van der Waals surface area contributed by atoms with Crippen LogP contribution in [0, 0.1) is 6.92 Å². The maximum absolute atomic E-state index is 12.0. The molecule has 0 radical (unpaired) electrons. The minimum atomic E-state index is -1.21. The van der Waals surface area contributed by atoms with E-state index in [4.69, 9.17) is 9.63 Å². The Labute approximate surface area is 114 Å². The third kappa shape index (κ3) is 2.76. The molecule has 0 spiro atoms. The summed E-state index contributed by atoms with van der Waals surface area (Å²) in [7, 11) is 0. The molecule has 0 aromatic carbocycles. The van der Waals surface area contributed by atoms with Crippen LogP contribution in [0.2, 0.25) is 0 Å². The fraction of sp³-hybridized carbons (Fsp3) is 0.385. The largest absolute Gasteiger partial charge is 0.477 e. The van der Waals surface area contributed by atoms with Crippen LogP contribution in [0.4, 0.5) is 0 Å². The molecule has 20 heavy (non-hydrogen) atoms. The van der Waals surface area contributed by atoms with E-state index >= 15 is 0 Å². The van der Waals surface area contributed by atoms with E-state index in [-0.39, 0.29) is 5.56 Å². The van der Waals surface area contributed by atoms with Crippen molar-refractivity contribution in [3.8, 4) is 0 Å². The predicted molar refractivity (Wildman–Crippen MR) is 69.8 cm³/mol. The van der Waals surface area contributed by atoms with Gasteiger partial charge in [0.15, 0.2) is 5.82 Å². The number of hydrogen-bond acceptors (Lipinski definition) is 5. The van der Waals surface area contributed by atoms with Gasteiger partial charge in [-0.15, -0.1) is 0 Å². The van der Waals surface area contributed by atoms with Gasteiger partial charge in [-0.2, -0.15) is 4.98 Å². The fourth-order valence-corrected chi connectivity index (χ4v) is 1.86. The van der Waals surface area contributed by atoms with Crippen LogP contribution < -0.4 is 5.56 Å². The van der Waals surface area contributed by atoms with Crippen LogP contribution in [0.15, 0.2) is 21.6 Å². The van der Waals surface area contributed by atoms with E-state index in [1.807, 2.05) is 6.92 Å². The van der Waals surface area contributed by atoms with Crippen molar-refractivity contribution in [1.29, 1.82) is 0 Å². The van der Waals surface area contributed by atoms with Gasteiger partial charge in [0.2, 0.25) is 5.89 Å². The molecule has 2 rings (SSSR count). The van der Waals surface area contributed by atoms with Crippen LogP contribution in [0.25, 0.3) is 0 Å². The van der Waals surface area contributed by atoms with Gasteiger partial charge in [-0.05, 0) is 18.6 Å². The molecule has 0 unspecified atom stereocenters. The van der Waals surface area contributed by atoms with E-state index in [9.17, 15) is 9.59 Å². The van der Waals surface area contributed by atoms with Gasteiger partial charge in [0.25, 0.3) is 5.56 Å². The molecule has 0 fully saturated rings. The topological polar surface area (TPSA) is 98.2 Å². The molecule has 7 nitrogen and oxygen atoms in total. The van der Waals surface area contributed by atoms with Gasteiger partial charge in [-0.3, -0.25) is 4.79 Å². The highest BCUT2D eigenvalue weighted by atomic mass is 16.5. The first-order valence-electron chi connectivity index (χ1n) is 6.27. The maximum Gasteiger partial charge on any atom is 0.341 e. The van der Waals surface area contributed by atoms with E-state index in [1.54, 1.807) is 19.2 Å². The van der Waals surface area contributed by atoms with Crippen molar-refractivity contribution in [2.75, 3.05) is 0 Å². The second-order valence-electron chi connectivity index (χ2n) is 4.39. The highest BCUT2D eigenvalue weighted by Crippen LogP contribution is 2.04. The lowest BCUT2D eigenvalue weighted by atomic mass is 10.1. The molecule has 2 heterocycles. The smallest absolute Gasteiger partial charge is 0.341 e. The first kappa shape index (κ1) is 14.0. The summed E-state index contributed by atoms with van der Waals surface area (Å²) < 4.78 is 6.32. The zero-order chi connectivity index (χ0) is 14.7. The monoisotopic (exact) mass is 277 g/mol. The molecule has 0 aliphatic carbocycles. The van der Waals surface area contributed by atoms with Gasteiger partial charge in [0, 0.05) is 25.6 Å². The summed E-state index contributed by atoms with van der Waals surface area (Å²) in [6.45, 7) is 3.81. The van der Waals surface area contributed by atoms with Crippen molar-refractivity contribution >= 4 is 5.97 Å². The van der Waals surface area contributed by atoms with Crippen molar-refractivity contribution in [2.24, 2.45) is 0 Å². The third-order valence-electron chi connectivity index (χ3n) is 2.98. The van der Waals surface area contributed by atoms with Gasteiger partial charge in [0.05, 0.1) is 0 Å². The summed E-state index contributed by atoms with van der Waals surface area (Å²) in [4.78, 5) is 27.2. The lowest BCUT2D eigenvalue weighted by molar-refractivity contribution is 0.0693. The van der Waals surface area contributed by atoms with Gasteiger partial charge < -0.3 is 14.2 Å². The highest BCUT2D eigenvalue weighted by molar-refractivity contribution is 5.88. The van der Waals surface area contributed by atoms with Crippen LogP contribution in [-0.2, 0) is 19.4 Å². The Balaban J connectivity index is 2.20. The van der Waals surface area contributed by atoms with Crippen LogP contribution in [0.5, 0.6) is 0 Å². The Bertz CT molecular complexity index is 687. The number of carboxylic acid groups (broad SMARTS) is 1. The van der Waals surface area contributed by atoms with Gasteiger partial charge in [0.1, 0.15) is 5.56 Å². The predicted octanol–water partition coefficient (Wildman–Crippen LogP) is 1.04. The van der Waals surface area contributed by atoms with Gasteiger partial charge in [-0.1, -0.05) is 12.1 Å². The molecule has 0 amide bonds. The lowest BCUT2D eigenvalue weighted by Gasteiger charge is -2.06. The second kappa shape index (κ2) is 5.68. The number of aromatic carboxylic acids is 1. The van der Waals surface area contributed by atoms with E-state index in [0.717, 1.165) is 0 Å². The molecule has 1 N–H and O–H groups in total. The molecule has 0 saturated carbocycles. The van der Waals surface area contributed by atoms with E-state index in [1.165, 1.54) is 4.57 Å². The molecule has 2 aromatic rings. The minimum Gasteiger partial charge on any atom is -0.477 e. The summed E-state index contributed by atoms with van der Waals surface area (Å²) in [5, 5.41) is 12.8. The minimum absolute atomic E-state index is 0.199. The summed E-state index contributed by atoms with van der Waals surface area (Å²) in [6, 6.07) is 1.61. The number of hydrogen-bond donors (Lipinski definition) is 1. The van der Waals surface area contributed by atoms with E-state index < -0.39 is 11.5 Å². The molecule has 0 aliphatic heterocycles. The number of nitrogens with zero attached hydrogens (tertiary/aromatic N) is 3. The van der Waals surface area contributed by atoms with Gasteiger partial charge >= 0.3 is 5.97 Å². The average molecular weight is 277 g/mol. The van der Waals surface area contributed by atoms with Crippen molar-refractivity contribution in [1.82, 2.24) is 14.7 Å². The third-order valence-corrected chi connectivity index (χ3v) is 2.98. The number of aromatic nitrogens is 3. The highest BCUT2D eigenvalue weighted by Gasteiger charge is 2.14. The normalized spacial score (nSPS) is 10.7. The van der Waals surface area contributed by atoms with Gasteiger partial charge in [-0.25, -0.2) is 4.79 Å². The molecule has 2 aromatic heterocycles. The van der Waals surface area contributed by atoms with E-state index in [2.05, 4.69) is 10.1 Å². The van der Waals surface area contributed by atoms with Crippen molar-refractivity contribution < 1.29 is 14.4 Å². The van der Waals surface area contributed by atoms with Crippen LogP contribution in [0.1, 0.15) is 34.6 Å². The van der Waals surface area contributed by atoms with Crippen LogP contribution in [-0.4, -0.2) is 25.8 Å². The number of carboxylic acids is 1. The SMILES string of the molecule is CCc1nc(CCn2ccc(C)c(C(=O)O)c2=O)no1. The summed E-state index contributed by atoms with van der Waals surface area (Å²) in [6.07, 6.45) is 2.64. The number of aryl methyl sites for hydroxylation is 4. The number of carbonyl (C=O) groups is 1. The summed E-state index contributed by atoms with van der Waals surface area (Å²) >= 11 is 0. The fourth-order valence-electron chi connectivity index (χ4n) is 1.86. The molecular formula is C13H15N3O4. The quantitative estimate of drug-likeness (QED) is 0.876. The molecule has 0 saturated heterocycles. The Morgan fingerprint density at radius 3 is 2.85 bits per heavy atom. The van der Waals surface area contributed by atoms with E-state index in [0.29, 0.717) is 36.7 Å². The maximum atomic E-state index is 12.0. The van der Waals surface area contributed by atoms with Crippen molar-refractivity contribution in [3.63, 3.8) is 0 Å². The summed E-state index contributed by atoms with van der Waals surface area (Å²) in [5.41, 5.74) is -0.266. The number of pyridine rings is 1. The molecule has 7 heteroatoms. The van der Waals surface area contributed by atoms with Crippen molar-refractivity contribution in [3.05, 3.63) is 45.5 Å².